The number of nitrogen functional groups attached to an aromatic ring is 1. The van der Waals surface area contributed by atoms with Crippen LogP contribution in [0.2, 0.25) is 0 Å². The van der Waals surface area contributed by atoms with Gasteiger partial charge >= 0.3 is 5.97 Å². The number of rotatable bonds is 3. The minimum absolute atomic E-state index is 0.147. The van der Waals surface area contributed by atoms with Crippen LogP contribution in [0.25, 0.3) is 0 Å². The van der Waals surface area contributed by atoms with Crippen molar-refractivity contribution in [2.45, 2.75) is 13.5 Å². The van der Waals surface area contributed by atoms with Crippen LogP contribution in [0.5, 0.6) is 0 Å². The van der Waals surface area contributed by atoms with E-state index in [2.05, 4.69) is 0 Å². The van der Waals surface area contributed by atoms with Crippen LogP contribution < -0.4 is 5.73 Å². The highest BCUT2D eigenvalue weighted by Crippen LogP contribution is 2.17. The first-order valence-electron chi connectivity index (χ1n) is 6.23. The lowest BCUT2D eigenvalue weighted by Gasteiger charge is -2.08. The van der Waals surface area contributed by atoms with Crippen molar-refractivity contribution in [2.24, 2.45) is 0 Å². The molecule has 5 heteroatoms. The maximum atomic E-state index is 13.6. The molecule has 0 aliphatic rings. The molecule has 0 spiro atoms. The topological polar surface area (TPSA) is 76.1 Å². The van der Waals surface area contributed by atoms with Gasteiger partial charge in [-0.3, -0.25) is 0 Å². The number of carbonyl (C=O) groups excluding carboxylic acids is 1. The highest BCUT2D eigenvalue weighted by Gasteiger charge is 2.13. The second-order valence-corrected chi connectivity index (χ2v) is 4.58. The number of nitriles is 1. The van der Waals surface area contributed by atoms with Crippen molar-refractivity contribution in [1.29, 1.82) is 5.26 Å². The number of esters is 1. The Morgan fingerprint density at radius 3 is 2.81 bits per heavy atom. The standard InChI is InChI=1S/C16H13FN2O2/c1-10-2-5-15(19)13(6-10)16(20)21-9-12-7-11(8-18)3-4-14(12)17/h2-7H,9,19H2,1H3. The molecule has 0 saturated heterocycles. The molecule has 2 aromatic carbocycles. The third kappa shape index (κ3) is 3.37. The molecular weight excluding hydrogens is 271 g/mol. The van der Waals surface area contributed by atoms with Gasteiger partial charge in [0.15, 0.2) is 0 Å². The van der Waals surface area contributed by atoms with Crippen molar-refractivity contribution in [3.8, 4) is 6.07 Å². The van der Waals surface area contributed by atoms with Gasteiger partial charge in [0.05, 0.1) is 17.2 Å². The van der Waals surface area contributed by atoms with Crippen molar-refractivity contribution < 1.29 is 13.9 Å². The van der Waals surface area contributed by atoms with Crippen molar-refractivity contribution in [3.05, 3.63) is 64.5 Å². The SMILES string of the molecule is Cc1ccc(N)c(C(=O)OCc2cc(C#N)ccc2F)c1. The predicted molar refractivity (Wildman–Crippen MR) is 75.8 cm³/mol. The molecule has 2 N–H and O–H groups in total. The Morgan fingerprint density at radius 2 is 2.10 bits per heavy atom. The Labute approximate surface area is 121 Å². The second kappa shape index (κ2) is 6.06. The Kier molecular flexibility index (Phi) is 4.19. The Hall–Kier alpha value is -2.87. The van der Waals surface area contributed by atoms with Gasteiger partial charge < -0.3 is 10.5 Å². The molecule has 0 heterocycles. The van der Waals surface area contributed by atoms with Gasteiger partial charge in [0.2, 0.25) is 0 Å². The van der Waals surface area contributed by atoms with Crippen LogP contribution >= 0.6 is 0 Å². The first-order chi connectivity index (χ1) is 10.0. The van der Waals surface area contributed by atoms with Gasteiger partial charge in [-0.15, -0.1) is 0 Å². The number of nitrogens with two attached hydrogens (primary N) is 1. The number of nitrogens with zero attached hydrogens (tertiary/aromatic N) is 1. The van der Waals surface area contributed by atoms with E-state index in [4.69, 9.17) is 15.7 Å². The fraction of sp³-hybridized carbons (Fsp3) is 0.125. The average molecular weight is 284 g/mol. The molecule has 0 aliphatic carbocycles. The summed E-state index contributed by atoms with van der Waals surface area (Å²) in [7, 11) is 0. The molecule has 0 bridgehead atoms. The van der Waals surface area contributed by atoms with Crippen LogP contribution in [-0.2, 0) is 11.3 Å². The van der Waals surface area contributed by atoms with Crippen molar-refractivity contribution in [3.63, 3.8) is 0 Å². The van der Waals surface area contributed by atoms with E-state index >= 15 is 0 Å². The van der Waals surface area contributed by atoms with E-state index in [9.17, 15) is 9.18 Å². The molecule has 0 atom stereocenters. The van der Waals surface area contributed by atoms with E-state index in [-0.39, 0.29) is 17.7 Å². The van der Waals surface area contributed by atoms with E-state index in [1.54, 1.807) is 18.2 Å². The van der Waals surface area contributed by atoms with Crippen LogP contribution in [0.3, 0.4) is 0 Å². The zero-order valence-corrected chi connectivity index (χ0v) is 11.4. The number of halogens is 1. The molecule has 21 heavy (non-hydrogen) atoms. The number of aryl methyl sites for hydroxylation is 1. The molecule has 0 unspecified atom stereocenters. The van der Waals surface area contributed by atoms with Crippen molar-refractivity contribution in [2.75, 3.05) is 5.73 Å². The minimum atomic E-state index is -0.627. The van der Waals surface area contributed by atoms with Gasteiger partial charge in [0, 0.05) is 11.3 Å². The maximum Gasteiger partial charge on any atom is 0.340 e. The number of anilines is 1. The summed E-state index contributed by atoms with van der Waals surface area (Å²) >= 11 is 0. The Bertz CT molecular complexity index is 736. The van der Waals surface area contributed by atoms with E-state index in [0.717, 1.165) is 5.56 Å². The molecule has 0 amide bonds. The van der Waals surface area contributed by atoms with Crippen LogP contribution in [0.15, 0.2) is 36.4 Å². The molecule has 2 rings (SSSR count). The van der Waals surface area contributed by atoms with Gasteiger partial charge in [-0.25, -0.2) is 9.18 Å². The number of carbonyl (C=O) groups is 1. The third-order valence-corrected chi connectivity index (χ3v) is 2.96. The second-order valence-electron chi connectivity index (χ2n) is 4.58. The first-order valence-corrected chi connectivity index (χ1v) is 6.23. The fourth-order valence-electron chi connectivity index (χ4n) is 1.82. The summed E-state index contributed by atoms with van der Waals surface area (Å²) in [5.41, 5.74) is 7.58. The molecule has 0 saturated carbocycles. The minimum Gasteiger partial charge on any atom is -0.457 e. The van der Waals surface area contributed by atoms with Gasteiger partial charge in [0.1, 0.15) is 12.4 Å². The predicted octanol–water partition coefficient (Wildman–Crippen LogP) is 2.95. The fourth-order valence-corrected chi connectivity index (χ4v) is 1.82. The van der Waals surface area contributed by atoms with Crippen LogP contribution in [-0.4, -0.2) is 5.97 Å². The summed E-state index contributed by atoms with van der Waals surface area (Å²) in [6.07, 6.45) is 0. The van der Waals surface area contributed by atoms with Crippen LogP contribution in [0.4, 0.5) is 10.1 Å². The number of benzene rings is 2. The highest BCUT2D eigenvalue weighted by atomic mass is 19.1. The van der Waals surface area contributed by atoms with E-state index in [1.165, 1.54) is 18.2 Å². The lowest BCUT2D eigenvalue weighted by Crippen LogP contribution is -2.09. The zero-order chi connectivity index (χ0) is 15.4. The molecule has 0 fully saturated rings. The number of ether oxygens (including phenoxy) is 1. The monoisotopic (exact) mass is 284 g/mol. The van der Waals surface area contributed by atoms with E-state index in [0.29, 0.717) is 11.3 Å². The summed E-state index contributed by atoms with van der Waals surface area (Å²) in [5, 5.41) is 8.78. The molecule has 2 aromatic rings. The summed E-state index contributed by atoms with van der Waals surface area (Å²) in [6.45, 7) is 1.57. The largest absolute Gasteiger partial charge is 0.457 e. The maximum absolute atomic E-state index is 13.6. The summed E-state index contributed by atoms with van der Waals surface area (Å²) in [6, 6.07) is 10.8. The lowest BCUT2D eigenvalue weighted by molar-refractivity contribution is 0.0470. The average Bonchev–Trinajstić information content (AvgIpc) is 2.48. The van der Waals surface area contributed by atoms with Crippen LogP contribution in [0.1, 0.15) is 27.0 Å². The molecule has 0 aliphatic heterocycles. The smallest absolute Gasteiger partial charge is 0.340 e. The molecule has 4 nitrogen and oxygen atoms in total. The Morgan fingerprint density at radius 1 is 1.33 bits per heavy atom. The third-order valence-electron chi connectivity index (χ3n) is 2.96. The van der Waals surface area contributed by atoms with Gasteiger partial charge in [-0.05, 0) is 37.3 Å². The Balaban J connectivity index is 2.15. The molecule has 0 aromatic heterocycles. The lowest BCUT2D eigenvalue weighted by atomic mass is 10.1. The molecule has 106 valence electrons. The van der Waals surface area contributed by atoms with E-state index < -0.39 is 11.8 Å². The van der Waals surface area contributed by atoms with Gasteiger partial charge in [0.25, 0.3) is 0 Å². The molecular formula is C16H13FN2O2. The summed E-state index contributed by atoms with van der Waals surface area (Å²) in [4.78, 5) is 12.0. The van der Waals surface area contributed by atoms with Gasteiger partial charge in [-0.1, -0.05) is 11.6 Å². The summed E-state index contributed by atoms with van der Waals surface area (Å²) < 4.78 is 18.6. The number of hydrogen-bond donors (Lipinski definition) is 1. The number of hydrogen-bond acceptors (Lipinski definition) is 4. The quantitative estimate of drug-likeness (QED) is 0.694. The zero-order valence-electron chi connectivity index (χ0n) is 11.4. The van der Waals surface area contributed by atoms with E-state index in [1.807, 2.05) is 13.0 Å². The van der Waals surface area contributed by atoms with Crippen molar-refractivity contribution >= 4 is 11.7 Å². The van der Waals surface area contributed by atoms with Crippen LogP contribution in [0, 0.1) is 24.1 Å². The van der Waals surface area contributed by atoms with Gasteiger partial charge in [-0.2, -0.15) is 5.26 Å². The normalized spacial score (nSPS) is 9.95. The molecule has 0 radical (unpaired) electrons. The highest BCUT2D eigenvalue weighted by molar-refractivity contribution is 5.95. The summed E-state index contributed by atoms with van der Waals surface area (Å²) in [5.74, 6) is -1.16. The van der Waals surface area contributed by atoms with Crippen molar-refractivity contribution in [1.82, 2.24) is 0 Å². The first kappa shape index (κ1) is 14.5.